The second kappa shape index (κ2) is 3.36. The number of hydrogen-bond donors (Lipinski definition) is 1. The van der Waals surface area contributed by atoms with Crippen LogP contribution in [0.25, 0.3) is 21.5 Å². The maximum absolute atomic E-state index is 5.93. The quantitative estimate of drug-likeness (QED) is 0.679. The van der Waals surface area contributed by atoms with Gasteiger partial charge in [0.05, 0.1) is 4.34 Å². The first kappa shape index (κ1) is 8.95. The van der Waals surface area contributed by atoms with Crippen LogP contribution >= 0.6 is 22.9 Å². The van der Waals surface area contributed by atoms with Crippen molar-refractivity contribution in [3.05, 3.63) is 41.0 Å². The number of pyridine rings is 1. The Kier molecular flexibility index (Phi) is 2.01. The van der Waals surface area contributed by atoms with Gasteiger partial charge in [0, 0.05) is 28.2 Å². The van der Waals surface area contributed by atoms with Crippen molar-refractivity contribution in [1.29, 1.82) is 0 Å². The summed E-state index contributed by atoms with van der Waals surface area (Å²) in [6.45, 7) is 0. The number of rotatable bonds is 1. The largest absolute Gasteiger partial charge is 0.346 e. The average molecular weight is 235 g/mol. The molecule has 0 aliphatic carbocycles. The number of fused-ring (bicyclic) bond motifs is 1. The van der Waals surface area contributed by atoms with Crippen LogP contribution in [0, 0.1) is 0 Å². The Morgan fingerprint density at radius 2 is 2.13 bits per heavy atom. The van der Waals surface area contributed by atoms with E-state index >= 15 is 0 Å². The minimum absolute atomic E-state index is 0.811. The zero-order valence-corrected chi connectivity index (χ0v) is 9.27. The molecule has 3 aromatic heterocycles. The van der Waals surface area contributed by atoms with Gasteiger partial charge in [0.15, 0.2) is 0 Å². The highest BCUT2D eigenvalue weighted by Crippen LogP contribution is 2.34. The van der Waals surface area contributed by atoms with Gasteiger partial charge in [-0.1, -0.05) is 11.6 Å². The molecule has 0 aliphatic heterocycles. The van der Waals surface area contributed by atoms with Gasteiger partial charge in [-0.25, -0.2) is 4.98 Å². The molecule has 0 aromatic carbocycles. The molecule has 4 heteroatoms. The molecule has 0 amide bonds. The second-order valence-electron chi connectivity index (χ2n) is 3.20. The molecule has 0 aliphatic rings. The molecule has 0 radical (unpaired) electrons. The van der Waals surface area contributed by atoms with Crippen LogP contribution in [-0.4, -0.2) is 9.97 Å². The van der Waals surface area contributed by atoms with Crippen LogP contribution in [0.15, 0.2) is 36.7 Å². The van der Waals surface area contributed by atoms with Crippen LogP contribution in [0.1, 0.15) is 0 Å². The molecule has 0 atom stereocenters. The molecule has 3 aromatic rings. The van der Waals surface area contributed by atoms with Crippen LogP contribution in [0.2, 0.25) is 4.34 Å². The van der Waals surface area contributed by atoms with Gasteiger partial charge in [-0.2, -0.15) is 0 Å². The first-order chi connectivity index (χ1) is 7.34. The molecular weight excluding hydrogens is 228 g/mol. The van der Waals surface area contributed by atoms with Crippen molar-refractivity contribution in [3.63, 3.8) is 0 Å². The number of aromatic amines is 1. The summed E-state index contributed by atoms with van der Waals surface area (Å²) in [7, 11) is 0. The highest BCUT2D eigenvalue weighted by atomic mass is 35.5. The molecule has 74 valence electrons. The normalized spacial score (nSPS) is 11.0. The first-order valence-corrected chi connectivity index (χ1v) is 5.72. The second-order valence-corrected chi connectivity index (χ2v) is 4.92. The molecule has 1 N–H and O–H groups in total. The molecule has 0 saturated carbocycles. The van der Waals surface area contributed by atoms with E-state index in [1.807, 2.05) is 36.7 Å². The third kappa shape index (κ3) is 1.44. The summed E-state index contributed by atoms with van der Waals surface area (Å²) < 4.78 is 0.811. The van der Waals surface area contributed by atoms with Crippen LogP contribution in [0.5, 0.6) is 0 Å². The highest BCUT2D eigenvalue weighted by Gasteiger charge is 2.06. The Morgan fingerprint density at radius 1 is 1.20 bits per heavy atom. The first-order valence-electron chi connectivity index (χ1n) is 4.52. The van der Waals surface area contributed by atoms with Crippen LogP contribution in [0.3, 0.4) is 0 Å². The van der Waals surface area contributed by atoms with E-state index < -0.39 is 0 Å². The zero-order chi connectivity index (χ0) is 10.3. The predicted octanol–water partition coefficient (Wildman–Crippen LogP) is 3.94. The van der Waals surface area contributed by atoms with E-state index in [0.29, 0.717) is 0 Å². The minimum Gasteiger partial charge on any atom is -0.346 e. The van der Waals surface area contributed by atoms with Crippen molar-refractivity contribution in [2.24, 2.45) is 0 Å². The van der Waals surface area contributed by atoms with Gasteiger partial charge in [-0.3, -0.25) is 0 Å². The minimum atomic E-state index is 0.811. The lowest BCUT2D eigenvalue weighted by Gasteiger charge is -1.98. The third-order valence-corrected chi connectivity index (χ3v) is 3.56. The van der Waals surface area contributed by atoms with E-state index in [4.69, 9.17) is 11.6 Å². The molecule has 0 unspecified atom stereocenters. The van der Waals surface area contributed by atoms with Gasteiger partial charge >= 0.3 is 0 Å². The Hall–Kier alpha value is -1.32. The smallest absolute Gasteiger partial charge is 0.137 e. The van der Waals surface area contributed by atoms with E-state index in [0.717, 1.165) is 15.4 Å². The summed E-state index contributed by atoms with van der Waals surface area (Å²) in [5, 5.41) is 1.14. The fourth-order valence-corrected chi connectivity index (χ4v) is 2.72. The van der Waals surface area contributed by atoms with Gasteiger partial charge in [0.2, 0.25) is 0 Å². The number of nitrogens with zero attached hydrogens (tertiary/aromatic N) is 1. The summed E-state index contributed by atoms with van der Waals surface area (Å²) in [5.41, 5.74) is 2.09. The number of H-pyrrole nitrogens is 1. The topological polar surface area (TPSA) is 28.7 Å². The summed E-state index contributed by atoms with van der Waals surface area (Å²) in [5.74, 6) is 0. The Labute approximate surface area is 95.5 Å². The van der Waals surface area contributed by atoms with Gasteiger partial charge in [-0.15, -0.1) is 11.3 Å². The fourth-order valence-electron chi connectivity index (χ4n) is 1.63. The number of halogens is 1. The molecule has 0 saturated heterocycles. The summed E-state index contributed by atoms with van der Waals surface area (Å²) >= 11 is 7.51. The van der Waals surface area contributed by atoms with E-state index in [1.54, 1.807) is 11.3 Å². The Morgan fingerprint density at radius 3 is 2.93 bits per heavy atom. The molecule has 3 rings (SSSR count). The van der Waals surface area contributed by atoms with Crippen molar-refractivity contribution in [3.8, 4) is 10.4 Å². The number of aromatic nitrogens is 2. The average Bonchev–Trinajstić information content (AvgIpc) is 2.84. The third-order valence-electron chi connectivity index (χ3n) is 2.30. The van der Waals surface area contributed by atoms with Crippen molar-refractivity contribution in [2.75, 3.05) is 0 Å². The summed E-state index contributed by atoms with van der Waals surface area (Å²) in [6.07, 6.45) is 3.71. The number of hydrogen-bond acceptors (Lipinski definition) is 2. The highest BCUT2D eigenvalue weighted by molar-refractivity contribution is 7.19. The summed E-state index contributed by atoms with van der Waals surface area (Å²) in [6, 6.07) is 8.00. The van der Waals surface area contributed by atoms with Gasteiger partial charge in [-0.05, 0) is 24.3 Å². The molecular formula is C11H7ClN2S. The fraction of sp³-hybridized carbons (Fsp3) is 0. The standard InChI is InChI=1S/C11H7ClN2S/c12-10-2-1-9(15-10)7-3-5-13-11-8(7)4-6-14-11/h1-6H,(H,13,14). The van der Waals surface area contributed by atoms with Crippen molar-refractivity contribution in [2.45, 2.75) is 0 Å². The lowest BCUT2D eigenvalue weighted by atomic mass is 10.1. The Balaban J connectivity index is 2.30. The molecule has 0 fully saturated rings. The van der Waals surface area contributed by atoms with Crippen LogP contribution in [-0.2, 0) is 0 Å². The summed E-state index contributed by atoms with van der Waals surface area (Å²) in [4.78, 5) is 8.52. The van der Waals surface area contributed by atoms with E-state index in [9.17, 15) is 0 Å². The molecule has 2 nitrogen and oxygen atoms in total. The predicted molar refractivity (Wildman–Crippen MR) is 64.4 cm³/mol. The van der Waals surface area contributed by atoms with Crippen molar-refractivity contribution >= 4 is 34.0 Å². The molecule has 0 spiro atoms. The molecule has 15 heavy (non-hydrogen) atoms. The number of nitrogens with one attached hydrogen (secondary N) is 1. The van der Waals surface area contributed by atoms with E-state index in [-0.39, 0.29) is 0 Å². The van der Waals surface area contributed by atoms with Crippen molar-refractivity contribution < 1.29 is 0 Å². The lowest BCUT2D eigenvalue weighted by Crippen LogP contribution is -1.78. The van der Waals surface area contributed by atoms with Crippen molar-refractivity contribution in [1.82, 2.24) is 9.97 Å². The lowest BCUT2D eigenvalue weighted by molar-refractivity contribution is 1.33. The van der Waals surface area contributed by atoms with Crippen LogP contribution < -0.4 is 0 Å². The SMILES string of the molecule is Clc1ccc(-c2ccnc3[nH]ccc23)s1. The maximum atomic E-state index is 5.93. The zero-order valence-electron chi connectivity index (χ0n) is 7.70. The van der Waals surface area contributed by atoms with Gasteiger partial charge in [0.25, 0.3) is 0 Å². The molecule has 3 heterocycles. The van der Waals surface area contributed by atoms with E-state index in [1.165, 1.54) is 10.4 Å². The van der Waals surface area contributed by atoms with E-state index in [2.05, 4.69) is 9.97 Å². The van der Waals surface area contributed by atoms with Gasteiger partial charge in [0.1, 0.15) is 5.65 Å². The van der Waals surface area contributed by atoms with Crippen LogP contribution in [0.4, 0.5) is 0 Å². The Bertz CT molecular complexity index is 612. The van der Waals surface area contributed by atoms with Gasteiger partial charge < -0.3 is 4.98 Å². The number of thiophene rings is 1. The molecule has 0 bridgehead atoms. The monoisotopic (exact) mass is 234 g/mol. The maximum Gasteiger partial charge on any atom is 0.137 e.